The SMILES string of the molecule is C=CC=CCCCCCCCCCCCCC=O. The van der Waals surface area contributed by atoms with Crippen LogP contribution in [0, 0.1) is 0 Å². The van der Waals surface area contributed by atoms with Crippen LogP contribution in [0.3, 0.4) is 0 Å². The summed E-state index contributed by atoms with van der Waals surface area (Å²) in [6.07, 6.45) is 22.2. The van der Waals surface area contributed by atoms with Crippen LogP contribution in [0.4, 0.5) is 0 Å². The van der Waals surface area contributed by atoms with E-state index in [2.05, 4.69) is 12.7 Å². The Morgan fingerprint density at radius 1 is 0.667 bits per heavy atom. The molecule has 0 aliphatic rings. The molecule has 0 rings (SSSR count). The van der Waals surface area contributed by atoms with Crippen molar-refractivity contribution in [1.29, 1.82) is 0 Å². The molecule has 0 saturated carbocycles. The van der Waals surface area contributed by atoms with Gasteiger partial charge in [-0.25, -0.2) is 0 Å². The molecule has 0 aromatic rings. The average Bonchev–Trinajstić information content (AvgIpc) is 2.39. The number of carbonyl (C=O) groups is 1. The summed E-state index contributed by atoms with van der Waals surface area (Å²) < 4.78 is 0. The van der Waals surface area contributed by atoms with E-state index in [4.69, 9.17) is 0 Å². The summed E-state index contributed by atoms with van der Waals surface area (Å²) in [6.45, 7) is 3.66. The molecule has 0 atom stereocenters. The van der Waals surface area contributed by atoms with Gasteiger partial charge in [0.25, 0.3) is 0 Å². The number of hydrogen-bond donors (Lipinski definition) is 0. The monoisotopic (exact) mass is 250 g/mol. The van der Waals surface area contributed by atoms with Gasteiger partial charge in [0, 0.05) is 6.42 Å². The van der Waals surface area contributed by atoms with Gasteiger partial charge in [0.2, 0.25) is 0 Å². The first-order valence-electron chi connectivity index (χ1n) is 7.63. The van der Waals surface area contributed by atoms with Crippen LogP contribution >= 0.6 is 0 Å². The first-order chi connectivity index (χ1) is 8.91. The summed E-state index contributed by atoms with van der Waals surface area (Å²) >= 11 is 0. The van der Waals surface area contributed by atoms with Crippen LogP contribution in [0.1, 0.15) is 77.0 Å². The topological polar surface area (TPSA) is 17.1 Å². The second-order valence-corrected chi connectivity index (χ2v) is 4.94. The van der Waals surface area contributed by atoms with Crippen molar-refractivity contribution in [2.24, 2.45) is 0 Å². The Labute approximate surface area is 113 Å². The van der Waals surface area contributed by atoms with Gasteiger partial charge in [-0.15, -0.1) is 0 Å². The maximum atomic E-state index is 10.1. The van der Waals surface area contributed by atoms with Crippen LogP contribution in [-0.4, -0.2) is 6.29 Å². The Kier molecular flexibility index (Phi) is 15.4. The van der Waals surface area contributed by atoms with Gasteiger partial charge in [-0.2, -0.15) is 0 Å². The van der Waals surface area contributed by atoms with E-state index in [-0.39, 0.29) is 0 Å². The quantitative estimate of drug-likeness (QED) is 0.222. The van der Waals surface area contributed by atoms with Crippen molar-refractivity contribution in [2.75, 3.05) is 0 Å². The molecule has 0 radical (unpaired) electrons. The van der Waals surface area contributed by atoms with Crippen LogP contribution in [0.5, 0.6) is 0 Å². The second-order valence-electron chi connectivity index (χ2n) is 4.94. The van der Waals surface area contributed by atoms with E-state index in [1.54, 1.807) is 0 Å². The van der Waals surface area contributed by atoms with Crippen LogP contribution < -0.4 is 0 Å². The van der Waals surface area contributed by atoms with Crippen molar-refractivity contribution >= 4 is 6.29 Å². The standard InChI is InChI=1S/C17H30O/c1-2-3-4-5-6-7-8-9-10-11-12-13-14-15-16-17-18/h2-4,17H,1,5-16H2. The number of hydrogen-bond acceptors (Lipinski definition) is 1. The molecule has 0 bridgehead atoms. The van der Waals surface area contributed by atoms with Gasteiger partial charge in [0.05, 0.1) is 0 Å². The lowest BCUT2D eigenvalue weighted by Gasteiger charge is -2.01. The summed E-state index contributed by atoms with van der Waals surface area (Å²) in [5, 5.41) is 0. The Morgan fingerprint density at radius 2 is 1.11 bits per heavy atom. The Bertz CT molecular complexity index is 206. The third-order valence-electron chi connectivity index (χ3n) is 3.21. The average molecular weight is 250 g/mol. The van der Waals surface area contributed by atoms with E-state index >= 15 is 0 Å². The van der Waals surface area contributed by atoms with Crippen molar-refractivity contribution in [3.05, 3.63) is 24.8 Å². The Hall–Kier alpha value is -0.850. The lowest BCUT2D eigenvalue weighted by molar-refractivity contribution is -0.107. The largest absolute Gasteiger partial charge is 0.303 e. The molecular formula is C17H30O. The molecule has 0 saturated heterocycles. The van der Waals surface area contributed by atoms with E-state index in [9.17, 15) is 4.79 Å². The minimum atomic E-state index is 0.750. The molecule has 104 valence electrons. The molecule has 0 aliphatic carbocycles. The highest BCUT2D eigenvalue weighted by molar-refractivity contribution is 5.48. The number of unbranched alkanes of at least 4 members (excludes halogenated alkanes) is 11. The van der Waals surface area contributed by atoms with Gasteiger partial charge in [-0.1, -0.05) is 76.2 Å². The van der Waals surface area contributed by atoms with E-state index in [1.165, 1.54) is 64.2 Å². The Balaban J connectivity index is 2.96. The molecule has 0 unspecified atom stereocenters. The van der Waals surface area contributed by atoms with Gasteiger partial charge in [0.15, 0.2) is 0 Å². The molecule has 0 aromatic carbocycles. The van der Waals surface area contributed by atoms with Gasteiger partial charge in [-0.3, -0.25) is 0 Å². The minimum absolute atomic E-state index is 0.750. The molecule has 0 fully saturated rings. The minimum Gasteiger partial charge on any atom is -0.303 e. The van der Waals surface area contributed by atoms with Crippen molar-refractivity contribution in [3.8, 4) is 0 Å². The molecule has 0 heterocycles. The molecule has 1 heteroatoms. The third kappa shape index (κ3) is 15.1. The lowest BCUT2D eigenvalue weighted by atomic mass is 10.1. The molecule has 0 amide bonds. The highest BCUT2D eigenvalue weighted by atomic mass is 16.1. The summed E-state index contributed by atoms with van der Waals surface area (Å²) in [5.41, 5.74) is 0. The first-order valence-corrected chi connectivity index (χ1v) is 7.63. The molecule has 18 heavy (non-hydrogen) atoms. The fourth-order valence-corrected chi connectivity index (χ4v) is 2.10. The summed E-state index contributed by atoms with van der Waals surface area (Å²) in [4.78, 5) is 10.1. The Morgan fingerprint density at radius 3 is 1.56 bits per heavy atom. The van der Waals surface area contributed by atoms with E-state index in [1.807, 2.05) is 12.2 Å². The van der Waals surface area contributed by atoms with Crippen molar-refractivity contribution in [3.63, 3.8) is 0 Å². The molecule has 0 N–H and O–H groups in total. The van der Waals surface area contributed by atoms with Gasteiger partial charge in [0.1, 0.15) is 6.29 Å². The zero-order valence-corrected chi connectivity index (χ0v) is 11.9. The number of rotatable bonds is 14. The van der Waals surface area contributed by atoms with Gasteiger partial charge < -0.3 is 4.79 Å². The third-order valence-corrected chi connectivity index (χ3v) is 3.21. The molecule has 0 aliphatic heterocycles. The highest BCUT2D eigenvalue weighted by Gasteiger charge is 1.92. The van der Waals surface area contributed by atoms with Crippen molar-refractivity contribution in [2.45, 2.75) is 77.0 Å². The smallest absolute Gasteiger partial charge is 0.119 e. The summed E-state index contributed by atoms with van der Waals surface area (Å²) in [7, 11) is 0. The summed E-state index contributed by atoms with van der Waals surface area (Å²) in [5.74, 6) is 0. The van der Waals surface area contributed by atoms with Gasteiger partial charge >= 0.3 is 0 Å². The first kappa shape index (κ1) is 17.2. The van der Waals surface area contributed by atoms with Crippen LogP contribution in [0.2, 0.25) is 0 Å². The molecule has 0 aromatic heterocycles. The normalized spacial score (nSPS) is 10.9. The number of allylic oxidation sites excluding steroid dienone is 3. The predicted octanol–water partition coefficient (Wildman–Crippen LogP) is 5.61. The molecular weight excluding hydrogens is 220 g/mol. The number of carbonyl (C=O) groups excluding carboxylic acids is 1. The predicted molar refractivity (Wildman–Crippen MR) is 80.8 cm³/mol. The van der Waals surface area contributed by atoms with E-state index in [0.717, 1.165) is 19.1 Å². The lowest BCUT2D eigenvalue weighted by Crippen LogP contribution is -1.82. The number of aldehydes is 1. The van der Waals surface area contributed by atoms with Crippen molar-refractivity contribution < 1.29 is 4.79 Å². The van der Waals surface area contributed by atoms with Crippen LogP contribution in [-0.2, 0) is 4.79 Å². The van der Waals surface area contributed by atoms with Crippen LogP contribution in [0.15, 0.2) is 24.8 Å². The molecule has 1 nitrogen and oxygen atoms in total. The maximum Gasteiger partial charge on any atom is 0.119 e. The fraction of sp³-hybridized carbons (Fsp3) is 0.706. The van der Waals surface area contributed by atoms with E-state index < -0.39 is 0 Å². The maximum absolute atomic E-state index is 10.1. The van der Waals surface area contributed by atoms with Crippen molar-refractivity contribution in [1.82, 2.24) is 0 Å². The highest BCUT2D eigenvalue weighted by Crippen LogP contribution is 2.11. The van der Waals surface area contributed by atoms with E-state index in [0.29, 0.717) is 0 Å². The zero-order chi connectivity index (χ0) is 13.3. The fourth-order valence-electron chi connectivity index (χ4n) is 2.10. The van der Waals surface area contributed by atoms with Crippen LogP contribution in [0.25, 0.3) is 0 Å². The molecule has 0 spiro atoms. The second kappa shape index (κ2) is 16.1. The summed E-state index contributed by atoms with van der Waals surface area (Å²) in [6, 6.07) is 0. The van der Waals surface area contributed by atoms with Gasteiger partial charge in [-0.05, 0) is 19.3 Å². The zero-order valence-electron chi connectivity index (χ0n) is 11.9.